The quantitative estimate of drug-likeness (QED) is 0.885. The molecule has 0 saturated heterocycles. The summed E-state index contributed by atoms with van der Waals surface area (Å²) in [7, 11) is 0. The van der Waals surface area contributed by atoms with Gasteiger partial charge in [0, 0.05) is 11.3 Å². The summed E-state index contributed by atoms with van der Waals surface area (Å²) < 4.78 is 0. The van der Waals surface area contributed by atoms with E-state index in [-0.39, 0.29) is 5.91 Å². The average Bonchev–Trinajstić information content (AvgIpc) is 2.72. The van der Waals surface area contributed by atoms with E-state index in [1.165, 1.54) is 43.4 Å². The molecule has 1 aromatic rings. The van der Waals surface area contributed by atoms with Crippen molar-refractivity contribution >= 4 is 22.2 Å². The van der Waals surface area contributed by atoms with Gasteiger partial charge in [-0.1, -0.05) is 32.1 Å². The Labute approximate surface area is 125 Å². The van der Waals surface area contributed by atoms with Gasteiger partial charge in [-0.3, -0.25) is 4.79 Å². The maximum atomic E-state index is 12.0. The van der Waals surface area contributed by atoms with E-state index < -0.39 is 0 Å². The van der Waals surface area contributed by atoms with E-state index in [1.54, 1.807) is 0 Å². The molecule has 1 N–H and O–H groups in total. The zero-order chi connectivity index (χ0) is 14.5. The summed E-state index contributed by atoms with van der Waals surface area (Å²) in [5, 5.41) is 12.8. The van der Waals surface area contributed by atoms with E-state index in [9.17, 15) is 4.79 Å². The standard InChI is InChI=1S/C16H22N2OS/c1-11-12(2)20-16(14(11)10-17)18-15(19)9-8-13-6-4-3-5-7-13/h13H,3-9H2,1-2H3,(H,18,19). The highest BCUT2D eigenvalue weighted by Gasteiger charge is 2.17. The van der Waals surface area contributed by atoms with Gasteiger partial charge >= 0.3 is 0 Å². The fraction of sp³-hybridized carbons (Fsp3) is 0.625. The Kier molecular flexibility index (Phi) is 5.19. The Bertz CT molecular complexity index is 521. The molecule has 3 nitrogen and oxygen atoms in total. The first-order chi connectivity index (χ1) is 9.61. The molecule has 2 rings (SSSR count). The SMILES string of the molecule is Cc1sc(NC(=O)CCC2CCCCC2)c(C#N)c1C. The van der Waals surface area contributed by atoms with Crippen LogP contribution >= 0.6 is 11.3 Å². The zero-order valence-electron chi connectivity index (χ0n) is 12.3. The van der Waals surface area contributed by atoms with Crippen LogP contribution in [-0.4, -0.2) is 5.91 Å². The van der Waals surface area contributed by atoms with Crippen LogP contribution in [0.2, 0.25) is 0 Å². The Morgan fingerprint density at radius 3 is 2.70 bits per heavy atom. The van der Waals surface area contributed by atoms with Gasteiger partial charge in [0.1, 0.15) is 11.1 Å². The number of nitrogens with zero attached hydrogens (tertiary/aromatic N) is 1. The molecular weight excluding hydrogens is 268 g/mol. The molecule has 0 radical (unpaired) electrons. The predicted molar refractivity (Wildman–Crippen MR) is 82.9 cm³/mol. The lowest BCUT2D eigenvalue weighted by Gasteiger charge is -2.20. The lowest BCUT2D eigenvalue weighted by atomic mass is 9.86. The van der Waals surface area contributed by atoms with E-state index in [2.05, 4.69) is 11.4 Å². The van der Waals surface area contributed by atoms with Crippen LogP contribution in [0, 0.1) is 31.1 Å². The predicted octanol–water partition coefficient (Wildman–Crippen LogP) is 4.54. The van der Waals surface area contributed by atoms with Crippen molar-refractivity contribution in [1.29, 1.82) is 5.26 Å². The monoisotopic (exact) mass is 290 g/mol. The van der Waals surface area contributed by atoms with Gasteiger partial charge in [-0.25, -0.2) is 0 Å². The van der Waals surface area contributed by atoms with E-state index in [0.717, 1.165) is 27.8 Å². The number of amides is 1. The maximum absolute atomic E-state index is 12.0. The summed E-state index contributed by atoms with van der Waals surface area (Å²) >= 11 is 1.50. The Balaban J connectivity index is 1.88. The van der Waals surface area contributed by atoms with E-state index in [4.69, 9.17) is 5.26 Å². The van der Waals surface area contributed by atoms with Gasteiger partial charge in [0.25, 0.3) is 0 Å². The van der Waals surface area contributed by atoms with Crippen LogP contribution in [-0.2, 0) is 4.79 Å². The van der Waals surface area contributed by atoms with E-state index >= 15 is 0 Å². The normalized spacial score (nSPS) is 15.8. The third kappa shape index (κ3) is 3.61. The van der Waals surface area contributed by atoms with Crippen molar-refractivity contribution in [3.8, 4) is 6.07 Å². The van der Waals surface area contributed by atoms with Crippen molar-refractivity contribution in [3.63, 3.8) is 0 Å². The Hall–Kier alpha value is -1.34. The molecule has 0 unspecified atom stereocenters. The van der Waals surface area contributed by atoms with Crippen molar-refractivity contribution in [1.82, 2.24) is 0 Å². The molecule has 1 amide bonds. The molecule has 4 heteroatoms. The number of hydrogen-bond donors (Lipinski definition) is 1. The molecular formula is C16H22N2OS. The molecule has 0 atom stereocenters. The molecule has 1 fully saturated rings. The summed E-state index contributed by atoms with van der Waals surface area (Å²) in [5.74, 6) is 0.769. The number of hydrogen-bond acceptors (Lipinski definition) is 3. The molecule has 108 valence electrons. The lowest BCUT2D eigenvalue weighted by molar-refractivity contribution is -0.116. The lowest BCUT2D eigenvalue weighted by Crippen LogP contribution is -2.14. The van der Waals surface area contributed by atoms with Gasteiger partial charge in [-0.15, -0.1) is 11.3 Å². The van der Waals surface area contributed by atoms with Gasteiger partial charge in [-0.2, -0.15) is 5.26 Å². The number of nitrogens with one attached hydrogen (secondary N) is 1. The number of thiophene rings is 1. The second-order valence-corrected chi connectivity index (χ2v) is 6.91. The molecule has 0 aliphatic heterocycles. The first-order valence-electron chi connectivity index (χ1n) is 7.41. The van der Waals surface area contributed by atoms with Crippen LogP contribution in [0.5, 0.6) is 0 Å². The van der Waals surface area contributed by atoms with Gasteiger partial charge < -0.3 is 5.32 Å². The van der Waals surface area contributed by atoms with Crippen LogP contribution in [0.15, 0.2) is 0 Å². The van der Waals surface area contributed by atoms with Crippen molar-refractivity contribution < 1.29 is 4.79 Å². The smallest absolute Gasteiger partial charge is 0.225 e. The second-order valence-electron chi connectivity index (χ2n) is 5.69. The number of rotatable bonds is 4. The highest BCUT2D eigenvalue weighted by atomic mass is 32.1. The molecule has 1 heterocycles. The first kappa shape index (κ1) is 15.1. The average molecular weight is 290 g/mol. The molecule has 0 spiro atoms. The number of aryl methyl sites for hydroxylation is 1. The summed E-state index contributed by atoms with van der Waals surface area (Å²) in [6.45, 7) is 3.92. The first-order valence-corrected chi connectivity index (χ1v) is 8.23. The fourth-order valence-corrected chi connectivity index (χ4v) is 3.88. The van der Waals surface area contributed by atoms with Gasteiger partial charge in [-0.05, 0) is 31.7 Å². The van der Waals surface area contributed by atoms with Gasteiger partial charge in [0.15, 0.2) is 0 Å². The minimum Gasteiger partial charge on any atom is -0.317 e. The third-order valence-corrected chi connectivity index (χ3v) is 5.38. The molecule has 20 heavy (non-hydrogen) atoms. The third-order valence-electron chi connectivity index (χ3n) is 4.25. The zero-order valence-corrected chi connectivity index (χ0v) is 13.1. The molecule has 0 aromatic carbocycles. The number of carbonyl (C=O) groups is 1. The Morgan fingerprint density at radius 2 is 2.05 bits per heavy atom. The molecule has 1 saturated carbocycles. The molecule has 1 aromatic heterocycles. The minimum absolute atomic E-state index is 0.0494. The number of nitriles is 1. The summed E-state index contributed by atoms with van der Waals surface area (Å²) in [4.78, 5) is 13.1. The molecule has 1 aliphatic carbocycles. The summed E-state index contributed by atoms with van der Waals surface area (Å²) in [5.41, 5.74) is 1.61. The van der Waals surface area contributed by atoms with Gasteiger partial charge in [0.2, 0.25) is 5.91 Å². The van der Waals surface area contributed by atoms with Crippen LogP contribution in [0.3, 0.4) is 0 Å². The minimum atomic E-state index is 0.0494. The van der Waals surface area contributed by atoms with Crippen molar-refractivity contribution in [2.75, 3.05) is 5.32 Å². The maximum Gasteiger partial charge on any atom is 0.225 e. The van der Waals surface area contributed by atoms with Crippen LogP contribution in [0.1, 0.15) is 60.9 Å². The summed E-state index contributed by atoms with van der Waals surface area (Å²) in [6.07, 6.45) is 8.08. The Morgan fingerprint density at radius 1 is 1.35 bits per heavy atom. The van der Waals surface area contributed by atoms with Crippen LogP contribution < -0.4 is 5.32 Å². The van der Waals surface area contributed by atoms with Crippen LogP contribution in [0.4, 0.5) is 5.00 Å². The highest BCUT2D eigenvalue weighted by Crippen LogP contribution is 2.32. The van der Waals surface area contributed by atoms with Crippen LogP contribution in [0.25, 0.3) is 0 Å². The van der Waals surface area contributed by atoms with Crippen molar-refractivity contribution in [3.05, 3.63) is 16.0 Å². The second kappa shape index (κ2) is 6.90. The highest BCUT2D eigenvalue weighted by molar-refractivity contribution is 7.16. The molecule has 0 bridgehead atoms. The summed E-state index contributed by atoms with van der Waals surface area (Å²) in [6, 6.07) is 2.19. The molecule has 1 aliphatic rings. The topological polar surface area (TPSA) is 52.9 Å². The van der Waals surface area contributed by atoms with Crippen molar-refractivity contribution in [2.24, 2.45) is 5.92 Å². The van der Waals surface area contributed by atoms with Gasteiger partial charge in [0.05, 0.1) is 5.56 Å². The number of anilines is 1. The van der Waals surface area contributed by atoms with E-state index in [0.29, 0.717) is 12.0 Å². The van der Waals surface area contributed by atoms with Crippen molar-refractivity contribution in [2.45, 2.75) is 58.8 Å². The number of carbonyl (C=O) groups excluding carboxylic acids is 1. The largest absolute Gasteiger partial charge is 0.317 e. The van der Waals surface area contributed by atoms with E-state index in [1.807, 2.05) is 13.8 Å². The fourth-order valence-electron chi connectivity index (χ4n) is 2.85.